The number of alkyl halides is 3. The fourth-order valence-electron chi connectivity index (χ4n) is 2.82. The van der Waals surface area contributed by atoms with E-state index in [2.05, 4.69) is 26.6 Å². The topological polar surface area (TPSA) is 50.4 Å². The number of nitrogens with one attached hydrogen (secondary N) is 2. The van der Waals surface area contributed by atoms with Gasteiger partial charge in [-0.1, -0.05) is 36.4 Å². The van der Waals surface area contributed by atoms with E-state index in [0.29, 0.717) is 10.2 Å². The number of thiocarbonyl (C=S) groups is 1. The second-order valence-electron chi connectivity index (χ2n) is 5.94. The lowest BCUT2D eigenvalue weighted by atomic mass is 10.1. The number of hydrogen-bond acceptors (Lipinski definition) is 3. The van der Waals surface area contributed by atoms with Gasteiger partial charge in [0.05, 0.1) is 28.4 Å². The van der Waals surface area contributed by atoms with E-state index in [-0.39, 0.29) is 16.4 Å². The van der Waals surface area contributed by atoms with E-state index in [1.165, 1.54) is 25.3 Å². The molecule has 150 valence electrons. The van der Waals surface area contributed by atoms with E-state index < -0.39 is 17.6 Å². The number of ether oxygens (including phenoxy) is 1. The molecular weight excluding hydrogens is 469 g/mol. The Morgan fingerprint density at radius 1 is 1.10 bits per heavy atom. The van der Waals surface area contributed by atoms with Crippen molar-refractivity contribution in [2.24, 2.45) is 0 Å². The van der Waals surface area contributed by atoms with Gasteiger partial charge < -0.3 is 10.1 Å². The van der Waals surface area contributed by atoms with Crippen LogP contribution in [0.4, 0.5) is 18.9 Å². The fourth-order valence-corrected chi connectivity index (χ4v) is 3.76. The standard InChI is InChI=1S/C20H14BrF3N2O2S/c1-28-17-13(10-11-6-2-3-7-12(11)16(17)21)18(27)26-19(29)25-15-9-5-4-8-14(15)20(22,23)24/h2-10H,1H3,(H2,25,26,27,29). The zero-order valence-corrected chi connectivity index (χ0v) is 17.3. The van der Waals surface area contributed by atoms with Gasteiger partial charge in [0.1, 0.15) is 5.75 Å². The Kier molecular flexibility index (Phi) is 6.09. The summed E-state index contributed by atoms with van der Waals surface area (Å²) in [6.07, 6.45) is -4.56. The molecule has 0 unspecified atom stereocenters. The highest BCUT2D eigenvalue weighted by atomic mass is 79.9. The van der Waals surface area contributed by atoms with Crippen molar-refractivity contribution in [3.63, 3.8) is 0 Å². The third kappa shape index (κ3) is 4.51. The van der Waals surface area contributed by atoms with Gasteiger partial charge in [-0.25, -0.2) is 0 Å². The number of para-hydroxylation sites is 1. The Morgan fingerprint density at radius 3 is 2.45 bits per heavy atom. The first-order valence-electron chi connectivity index (χ1n) is 8.26. The molecule has 3 aromatic rings. The van der Waals surface area contributed by atoms with Crippen molar-refractivity contribution >= 4 is 55.6 Å². The van der Waals surface area contributed by atoms with Gasteiger partial charge in [0.2, 0.25) is 0 Å². The number of halogens is 4. The van der Waals surface area contributed by atoms with Crippen LogP contribution in [-0.4, -0.2) is 18.1 Å². The van der Waals surface area contributed by atoms with Crippen molar-refractivity contribution in [3.8, 4) is 5.75 Å². The molecule has 0 aliphatic rings. The number of carbonyl (C=O) groups excluding carboxylic acids is 1. The van der Waals surface area contributed by atoms with E-state index in [9.17, 15) is 18.0 Å². The molecule has 0 atom stereocenters. The number of rotatable bonds is 3. The molecule has 0 aliphatic heterocycles. The van der Waals surface area contributed by atoms with E-state index in [1.807, 2.05) is 24.3 Å². The van der Waals surface area contributed by atoms with Crippen LogP contribution in [0.1, 0.15) is 15.9 Å². The molecule has 9 heteroatoms. The van der Waals surface area contributed by atoms with E-state index in [4.69, 9.17) is 17.0 Å². The predicted molar refractivity (Wildman–Crippen MR) is 113 cm³/mol. The second kappa shape index (κ2) is 8.38. The lowest BCUT2D eigenvalue weighted by molar-refractivity contribution is -0.136. The highest BCUT2D eigenvalue weighted by molar-refractivity contribution is 9.10. The minimum Gasteiger partial charge on any atom is -0.495 e. The van der Waals surface area contributed by atoms with Gasteiger partial charge in [-0.3, -0.25) is 10.1 Å². The SMILES string of the molecule is COc1c(C(=O)NC(=S)Nc2ccccc2C(F)(F)F)cc2ccccc2c1Br. The maximum Gasteiger partial charge on any atom is 0.418 e. The summed E-state index contributed by atoms with van der Waals surface area (Å²) >= 11 is 8.47. The highest BCUT2D eigenvalue weighted by Crippen LogP contribution is 2.37. The minimum absolute atomic E-state index is 0.186. The Bertz CT molecular complexity index is 1100. The molecule has 3 rings (SSSR count). The predicted octanol–water partition coefficient (Wildman–Crippen LogP) is 5.76. The molecule has 3 aromatic carbocycles. The third-order valence-electron chi connectivity index (χ3n) is 4.10. The van der Waals surface area contributed by atoms with E-state index >= 15 is 0 Å². The Hall–Kier alpha value is -2.65. The van der Waals surface area contributed by atoms with Crippen LogP contribution in [0.15, 0.2) is 59.1 Å². The van der Waals surface area contributed by atoms with Crippen LogP contribution in [0, 0.1) is 0 Å². The molecule has 0 aromatic heterocycles. The quantitative estimate of drug-likeness (QED) is 0.466. The lowest BCUT2D eigenvalue weighted by Crippen LogP contribution is -2.35. The maximum absolute atomic E-state index is 13.1. The van der Waals surface area contributed by atoms with Gasteiger partial charge in [-0.05, 0) is 57.1 Å². The summed E-state index contributed by atoms with van der Waals surface area (Å²) < 4.78 is 45.3. The zero-order valence-electron chi connectivity index (χ0n) is 14.9. The van der Waals surface area contributed by atoms with Crippen molar-refractivity contribution in [2.75, 3.05) is 12.4 Å². The Labute approximate surface area is 178 Å². The van der Waals surface area contributed by atoms with Crippen molar-refractivity contribution in [3.05, 3.63) is 70.2 Å². The van der Waals surface area contributed by atoms with Crippen molar-refractivity contribution in [2.45, 2.75) is 6.18 Å². The monoisotopic (exact) mass is 482 g/mol. The normalized spacial score (nSPS) is 11.2. The average Bonchev–Trinajstić information content (AvgIpc) is 2.67. The van der Waals surface area contributed by atoms with Crippen molar-refractivity contribution in [1.29, 1.82) is 0 Å². The third-order valence-corrected chi connectivity index (χ3v) is 5.09. The van der Waals surface area contributed by atoms with Gasteiger partial charge in [0, 0.05) is 0 Å². The summed E-state index contributed by atoms with van der Waals surface area (Å²) in [4.78, 5) is 12.7. The van der Waals surface area contributed by atoms with Crippen LogP contribution in [0.5, 0.6) is 5.75 Å². The summed E-state index contributed by atoms with van der Waals surface area (Å²) in [5.74, 6) is -0.324. The number of anilines is 1. The number of carbonyl (C=O) groups is 1. The van der Waals surface area contributed by atoms with E-state index in [1.54, 1.807) is 6.07 Å². The molecular formula is C20H14BrF3N2O2S. The number of benzene rings is 3. The molecule has 2 N–H and O–H groups in total. The molecule has 0 aliphatic carbocycles. The summed E-state index contributed by atoms with van der Waals surface area (Å²) in [5, 5.41) is 6.20. The number of amides is 1. The van der Waals surface area contributed by atoms with Crippen LogP contribution in [0.2, 0.25) is 0 Å². The minimum atomic E-state index is -4.56. The van der Waals surface area contributed by atoms with E-state index in [0.717, 1.165) is 16.8 Å². The van der Waals surface area contributed by atoms with Crippen molar-refractivity contribution < 1.29 is 22.7 Å². The van der Waals surface area contributed by atoms with Crippen LogP contribution < -0.4 is 15.4 Å². The first-order chi connectivity index (χ1) is 13.7. The molecule has 29 heavy (non-hydrogen) atoms. The van der Waals surface area contributed by atoms with Gasteiger partial charge in [-0.2, -0.15) is 13.2 Å². The fraction of sp³-hybridized carbons (Fsp3) is 0.100. The molecule has 0 saturated heterocycles. The Balaban J connectivity index is 1.87. The highest BCUT2D eigenvalue weighted by Gasteiger charge is 2.33. The average molecular weight is 483 g/mol. The molecule has 0 heterocycles. The number of hydrogen-bond donors (Lipinski definition) is 2. The van der Waals surface area contributed by atoms with Gasteiger partial charge in [-0.15, -0.1) is 0 Å². The molecule has 0 radical (unpaired) electrons. The molecule has 0 fully saturated rings. The van der Waals surface area contributed by atoms with Gasteiger partial charge in [0.15, 0.2) is 5.11 Å². The molecule has 0 saturated carbocycles. The summed E-state index contributed by atoms with van der Waals surface area (Å²) in [6.45, 7) is 0. The van der Waals surface area contributed by atoms with Crippen LogP contribution in [-0.2, 0) is 6.18 Å². The number of methoxy groups -OCH3 is 1. The first-order valence-corrected chi connectivity index (χ1v) is 9.46. The number of fused-ring (bicyclic) bond motifs is 1. The zero-order chi connectivity index (χ0) is 21.2. The van der Waals surface area contributed by atoms with Crippen LogP contribution >= 0.6 is 28.1 Å². The first kappa shape index (κ1) is 21.1. The molecule has 1 amide bonds. The summed E-state index contributed by atoms with van der Waals surface area (Å²) in [6, 6.07) is 13.9. The van der Waals surface area contributed by atoms with Crippen LogP contribution in [0.3, 0.4) is 0 Å². The lowest BCUT2D eigenvalue weighted by Gasteiger charge is -2.16. The Morgan fingerprint density at radius 2 is 1.76 bits per heavy atom. The summed E-state index contributed by atoms with van der Waals surface area (Å²) in [5.41, 5.74) is -0.953. The summed E-state index contributed by atoms with van der Waals surface area (Å²) in [7, 11) is 1.42. The maximum atomic E-state index is 13.1. The van der Waals surface area contributed by atoms with Gasteiger partial charge in [0.25, 0.3) is 5.91 Å². The van der Waals surface area contributed by atoms with Crippen molar-refractivity contribution in [1.82, 2.24) is 5.32 Å². The van der Waals surface area contributed by atoms with Crippen LogP contribution in [0.25, 0.3) is 10.8 Å². The smallest absolute Gasteiger partial charge is 0.418 e. The molecule has 0 spiro atoms. The largest absolute Gasteiger partial charge is 0.495 e. The second-order valence-corrected chi connectivity index (χ2v) is 7.15. The van der Waals surface area contributed by atoms with Gasteiger partial charge >= 0.3 is 6.18 Å². The molecule has 4 nitrogen and oxygen atoms in total. The molecule has 0 bridgehead atoms.